The van der Waals surface area contributed by atoms with E-state index < -0.39 is 0 Å². The van der Waals surface area contributed by atoms with Crippen molar-refractivity contribution in [2.24, 2.45) is 5.92 Å². The maximum absolute atomic E-state index is 12.7. The lowest BCUT2D eigenvalue weighted by molar-refractivity contribution is -0.120. The number of rotatable bonds is 5. The van der Waals surface area contributed by atoms with Gasteiger partial charge >= 0.3 is 0 Å². The molecule has 1 fully saturated rings. The second-order valence-corrected chi connectivity index (χ2v) is 8.91. The lowest BCUT2D eigenvalue weighted by atomic mass is 9.99. The SMILES string of the molecule is O=C(Nc1ccc(-c2cc3cc(NC(=O)C4CCCCCC4)ccc3[nH]2)cc1)c1ccccn1. The fourth-order valence-electron chi connectivity index (χ4n) is 4.58. The first-order chi connectivity index (χ1) is 16.7. The van der Waals surface area contributed by atoms with Crippen LogP contribution in [-0.4, -0.2) is 21.8 Å². The van der Waals surface area contributed by atoms with Crippen LogP contribution >= 0.6 is 0 Å². The lowest BCUT2D eigenvalue weighted by Crippen LogP contribution is -2.22. The molecule has 0 unspecified atom stereocenters. The number of benzene rings is 2. The van der Waals surface area contributed by atoms with Crippen LogP contribution in [0.1, 0.15) is 49.0 Å². The molecule has 2 aromatic heterocycles. The third-order valence-electron chi connectivity index (χ3n) is 6.47. The number of H-pyrrole nitrogens is 1. The normalized spacial score (nSPS) is 14.5. The summed E-state index contributed by atoms with van der Waals surface area (Å²) in [5.41, 5.74) is 4.92. The second-order valence-electron chi connectivity index (χ2n) is 8.91. The predicted octanol–water partition coefficient (Wildman–Crippen LogP) is 6.39. The van der Waals surface area contributed by atoms with Crippen LogP contribution in [-0.2, 0) is 4.79 Å². The highest BCUT2D eigenvalue weighted by atomic mass is 16.2. The summed E-state index contributed by atoms with van der Waals surface area (Å²) >= 11 is 0. The average molecular weight is 453 g/mol. The molecular weight excluding hydrogens is 424 g/mol. The van der Waals surface area contributed by atoms with Crippen LogP contribution in [0.25, 0.3) is 22.2 Å². The Bertz CT molecular complexity index is 1290. The number of aromatic nitrogens is 2. The van der Waals surface area contributed by atoms with Gasteiger partial charge in [0, 0.05) is 40.1 Å². The number of amides is 2. The highest BCUT2D eigenvalue weighted by molar-refractivity contribution is 6.03. The highest BCUT2D eigenvalue weighted by Crippen LogP contribution is 2.29. The zero-order valence-corrected chi connectivity index (χ0v) is 19.0. The van der Waals surface area contributed by atoms with Crippen LogP contribution in [0.15, 0.2) is 72.9 Å². The molecule has 0 saturated heterocycles. The standard InChI is InChI=1S/C28H28N4O2/c33-27(20-7-3-1-2-4-8-20)31-23-14-15-24-21(17-23)18-26(32-24)19-10-12-22(13-11-19)30-28(34)25-9-5-6-16-29-25/h5-6,9-18,20,32H,1-4,7-8H2,(H,30,34)(H,31,33). The van der Waals surface area contributed by atoms with Crippen molar-refractivity contribution in [3.05, 3.63) is 78.6 Å². The molecule has 0 bridgehead atoms. The molecule has 3 N–H and O–H groups in total. The van der Waals surface area contributed by atoms with E-state index in [0.717, 1.165) is 53.5 Å². The van der Waals surface area contributed by atoms with Gasteiger partial charge in [-0.3, -0.25) is 14.6 Å². The van der Waals surface area contributed by atoms with Crippen molar-refractivity contribution in [2.75, 3.05) is 10.6 Å². The quantitative estimate of drug-likeness (QED) is 0.307. The number of anilines is 2. The van der Waals surface area contributed by atoms with Crippen LogP contribution in [0.5, 0.6) is 0 Å². The van der Waals surface area contributed by atoms with Crippen LogP contribution in [0.4, 0.5) is 11.4 Å². The van der Waals surface area contributed by atoms with E-state index in [2.05, 4.69) is 26.7 Å². The maximum atomic E-state index is 12.7. The first-order valence-corrected chi connectivity index (χ1v) is 11.9. The third-order valence-corrected chi connectivity index (χ3v) is 6.47. The molecule has 4 aromatic rings. The first kappa shape index (κ1) is 21.9. The highest BCUT2D eigenvalue weighted by Gasteiger charge is 2.20. The number of pyridine rings is 1. The third kappa shape index (κ3) is 5.01. The second kappa shape index (κ2) is 9.91. The van der Waals surface area contributed by atoms with Gasteiger partial charge in [-0.05, 0) is 66.9 Å². The molecule has 0 atom stereocenters. The molecule has 172 valence electrons. The number of nitrogens with zero attached hydrogens (tertiary/aromatic N) is 1. The minimum Gasteiger partial charge on any atom is -0.355 e. The van der Waals surface area contributed by atoms with Crippen LogP contribution in [0.3, 0.4) is 0 Å². The molecule has 6 heteroatoms. The van der Waals surface area contributed by atoms with Gasteiger partial charge in [0.2, 0.25) is 5.91 Å². The number of hydrogen-bond donors (Lipinski definition) is 3. The Hall–Kier alpha value is -3.93. The van der Waals surface area contributed by atoms with Gasteiger partial charge in [0.1, 0.15) is 5.69 Å². The summed E-state index contributed by atoms with van der Waals surface area (Å²) in [5.74, 6) is 0.0226. The fourth-order valence-corrected chi connectivity index (χ4v) is 4.58. The summed E-state index contributed by atoms with van der Waals surface area (Å²) in [6, 6.07) is 21.0. The Morgan fingerprint density at radius 2 is 1.59 bits per heavy atom. The molecule has 6 nitrogen and oxygen atoms in total. The largest absolute Gasteiger partial charge is 0.355 e. The van der Waals surface area contributed by atoms with E-state index in [4.69, 9.17) is 0 Å². The lowest BCUT2D eigenvalue weighted by Gasteiger charge is -2.14. The Morgan fingerprint density at radius 3 is 2.32 bits per heavy atom. The molecule has 2 aromatic carbocycles. The molecule has 0 radical (unpaired) electrons. The Kier molecular flexibility index (Phi) is 6.38. The van der Waals surface area contributed by atoms with Crippen molar-refractivity contribution >= 4 is 34.1 Å². The van der Waals surface area contributed by atoms with Gasteiger partial charge in [-0.25, -0.2) is 0 Å². The topological polar surface area (TPSA) is 86.9 Å². The minimum absolute atomic E-state index is 0.122. The van der Waals surface area contributed by atoms with Crippen molar-refractivity contribution < 1.29 is 9.59 Å². The van der Waals surface area contributed by atoms with E-state index in [1.165, 1.54) is 12.8 Å². The van der Waals surface area contributed by atoms with Crippen LogP contribution in [0.2, 0.25) is 0 Å². The number of hydrogen-bond acceptors (Lipinski definition) is 3. The van der Waals surface area contributed by atoms with Crippen molar-refractivity contribution in [3.63, 3.8) is 0 Å². The molecule has 2 amide bonds. The molecule has 1 aliphatic carbocycles. The molecule has 1 saturated carbocycles. The average Bonchev–Trinajstić information content (AvgIpc) is 3.09. The molecular formula is C28H28N4O2. The van der Waals surface area contributed by atoms with Crippen molar-refractivity contribution in [1.29, 1.82) is 0 Å². The number of fused-ring (bicyclic) bond motifs is 1. The number of carbonyl (C=O) groups is 2. The zero-order valence-electron chi connectivity index (χ0n) is 19.0. The molecule has 5 rings (SSSR count). The van der Waals surface area contributed by atoms with Gasteiger partial charge in [-0.1, -0.05) is 43.9 Å². The fraction of sp³-hybridized carbons (Fsp3) is 0.250. The van der Waals surface area contributed by atoms with Gasteiger partial charge in [-0.2, -0.15) is 0 Å². The van der Waals surface area contributed by atoms with Crippen molar-refractivity contribution in [1.82, 2.24) is 9.97 Å². The first-order valence-electron chi connectivity index (χ1n) is 11.9. The van der Waals surface area contributed by atoms with Crippen LogP contribution < -0.4 is 10.6 Å². The van der Waals surface area contributed by atoms with E-state index in [1.54, 1.807) is 24.4 Å². The van der Waals surface area contributed by atoms with Gasteiger partial charge < -0.3 is 15.6 Å². The Balaban J connectivity index is 1.27. The van der Waals surface area contributed by atoms with Crippen molar-refractivity contribution in [2.45, 2.75) is 38.5 Å². The predicted molar refractivity (Wildman–Crippen MR) is 136 cm³/mol. The number of nitrogens with one attached hydrogen (secondary N) is 3. The summed E-state index contributed by atoms with van der Waals surface area (Å²) in [5, 5.41) is 7.03. The number of aromatic amines is 1. The van der Waals surface area contributed by atoms with Gasteiger partial charge in [0.25, 0.3) is 5.91 Å². The van der Waals surface area contributed by atoms with Gasteiger partial charge in [-0.15, -0.1) is 0 Å². The van der Waals surface area contributed by atoms with Crippen molar-refractivity contribution in [3.8, 4) is 11.3 Å². The minimum atomic E-state index is -0.239. The molecule has 2 heterocycles. The smallest absolute Gasteiger partial charge is 0.274 e. The summed E-state index contributed by atoms with van der Waals surface area (Å²) in [7, 11) is 0. The van der Waals surface area contributed by atoms with Crippen LogP contribution in [0, 0.1) is 5.92 Å². The van der Waals surface area contributed by atoms with E-state index in [1.807, 2.05) is 42.5 Å². The molecule has 0 aliphatic heterocycles. The van der Waals surface area contributed by atoms with E-state index in [0.29, 0.717) is 11.4 Å². The maximum Gasteiger partial charge on any atom is 0.274 e. The molecule has 1 aliphatic rings. The molecule has 34 heavy (non-hydrogen) atoms. The molecule has 0 spiro atoms. The monoisotopic (exact) mass is 452 g/mol. The summed E-state index contributed by atoms with van der Waals surface area (Å²) in [4.78, 5) is 32.5. The van der Waals surface area contributed by atoms with E-state index >= 15 is 0 Å². The van der Waals surface area contributed by atoms with E-state index in [9.17, 15) is 9.59 Å². The van der Waals surface area contributed by atoms with Gasteiger partial charge in [0.05, 0.1) is 0 Å². The zero-order chi connectivity index (χ0) is 23.3. The number of carbonyl (C=O) groups excluding carboxylic acids is 2. The summed E-state index contributed by atoms with van der Waals surface area (Å²) in [6.45, 7) is 0. The summed E-state index contributed by atoms with van der Waals surface area (Å²) < 4.78 is 0. The Morgan fingerprint density at radius 1 is 0.824 bits per heavy atom. The summed E-state index contributed by atoms with van der Waals surface area (Å²) in [6.07, 6.45) is 8.33. The van der Waals surface area contributed by atoms with E-state index in [-0.39, 0.29) is 17.7 Å². The Labute approximate surface area is 198 Å². The van der Waals surface area contributed by atoms with Gasteiger partial charge in [0.15, 0.2) is 0 Å².